The summed E-state index contributed by atoms with van der Waals surface area (Å²) in [5, 5.41) is 5.81. The van der Waals surface area contributed by atoms with Crippen LogP contribution in [0.1, 0.15) is 17.7 Å². The summed E-state index contributed by atoms with van der Waals surface area (Å²) in [6.07, 6.45) is 5.52. The van der Waals surface area contributed by atoms with Gasteiger partial charge >= 0.3 is 0 Å². The molecule has 1 aliphatic rings. The summed E-state index contributed by atoms with van der Waals surface area (Å²) in [5.74, 6) is 0.755. The molecule has 1 amide bonds. The highest BCUT2D eigenvalue weighted by atomic mass is 19.1. The first-order valence-corrected chi connectivity index (χ1v) is 9.93. The highest BCUT2D eigenvalue weighted by Crippen LogP contribution is 2.22. The van der Waals surface area contributed by atoms with E-state index in [4.69, 9.17) is 0 Å². The van der Waals surface area contributed by atoms with Crippen LogP contribution in [0.4, 0.5) is 15.9 Å². The minimum absolute atomic E-state index is 0.373. The van der Waals surface area contributed by atoms with Crippen molar-refractivity contribution >= 4 is 23.6 Å². The molecular formula is C22H27FN6O. The third kappa shape index (κ3) is 5.20. The molecule has 2 aromatic rings. The number of allylic oxidation sites excluding steroid dienone is 1. The van der Waals surface area contributed by atoms with Crippen LogP contribution in [0.2, 0.25) is 0 Å². The first-order chi connectivity index (χ1) is 14.5. The van der Waals surface area contributed by atoms with Gasteiger partial charge in [-0.25, -0.2) is 14.4 Å². The Morgan fingerprint density at radius 3 is 2.83 bits per heavy atom. The van der Waals surface area contributed by atoms with Crippen LogP contribution in [0.25, 0.3) is 0 Å². The van der Waals surface area contributed by atoms with E-state index in [1.54, 1.807) is 18.5 Å². The van der Waals surface area contributed by atoms with Crippen molar-refractivity contribution in [1.82, 2.24) is 15.0 Å². The second-order valence-electron chi connectivity index (χ2n) is 7.23. The summed E-state index contributed by atoms with van der Waals surface area (Å²) in [6.45, 7) is 7.75. The van der Waals surface area contributed by atoms with Gasteiger partial charge in [0.15, 0.2) is 0 Å². The molecule has 8 heteroatoms. The van der Waals surface area contributed by atoms with E-state index < -0.39 is 6.17 Å². The molecule has 1 fully saturated rings. The number of aryl methyl sites for hydroxylation is 1. The van der Waals surface area contributed by atoms with Crippen LogP contribution in [-0.2, 0) is 4.79 Å². The number of hydrogen-bond acceptors (Lipinski definition) is 6. The van der Waals surface area contributed by atoms with Crippen LogP contribution in [0, 0.1) is 6.92 Å². The highest BCUT2D eigenvalue weighted by molar-refractivity contribution is 6.09. The van der Waals surface area contributed by atoms with Crippen LogP contribution in [0.15, 0.2) is 54.4 Å². The predicted octanol–water partition coefficient (Wildman–Crippen LogP) is 2.82. The largest absolute Gasteiger partial charge is 0.371 e. The van der Waals surface area contributed by atoms with Crippen molar-refractivity contribution in [1.29, 1.82) is 0 Å². The number of hydrazone groups is 1. The van der Waals surface area contributed by atoms with E-state index in [9.17, 15) is 9.18 Å². The van der Waals surface area contributed by atoms with Crippen LogP contribution < -0.4 is 9.80 Å². The maximum atomic E-state index is 13.5. The number of anilines is 2. The van der Waals surface area contributed by atoms with Gasteiger partial charge in [0.2, 0.25) is 6.41 Å². The topological polar surface area (TPSA) is 64.9 Å². The van der Waals surface area contributed by atoms with Gasteiger partial charge in [0, 0.05) is 37.6 Å². The smallest absolute Gasteiger partial charge is 0.229 e. The third-order valence-corrected chi connectivity index (χ3v) is 5.10. The van der Waals surface area contributed by atoms with Gasteiger partial charge in [-0.3, -0.25) is 9.78 Å². The molecule has 158 valence electrons. The lowest BCUT2D eigenvalue weighted by Gasteiger charge is -2.22. The zero-order valence-corrected chi connectivity index (χ0v) is 17.4. The van der Waals surface area contributed by atoms with Crippen molar-refractivity contribution in [3.05, 3.63) is 60.6 Å². The van der Waals surface area contributed by atoms with Gasteiger partial charge in [-0.2, -0.15) is 5.10 Å². The Hall–Kier alpha value is -3.29. The van der Waals surface area contributed by atoms with E-state index in [-0.39, 0.29) is 0 Å². The number of hydrogen-bond donors (Lipinski definition) is 0. The van der Waals surface area contributed by atoms with Gasteiger partial charge < -0.3 is 9.80 Å². The monoisotopic (exact) mass is 410 g/mol. The lowest BCUT2D eigenvalue weighted by atomic mass is 10.1. The molecule has 0 spiro atoms. The fourth-order valence-corrected chi connectivity index (χ4v) is 3.35. The molecule has 1 aliphatic heterocycles. The number of pyridine rings is 2. The normalized spacial score (nSPS) is 16.4. The standard InChI is InChI=1S/C22H27FN6O/c1-4-21(20-7-8-22(25-17(20)2)28-11-9-18(23)15-28)26-29(16-30)13-12-27(3)19-6-5-10-24-14-19/h4-8,10,14,16,18H,1,9,11-13,15H2,2-3H3/b26-21+. The first-order valence-electron chi connectivity index (χ1n) is 9.93. The maximum Gasteiger partial charge on any atom is 0.229 e. The number of aromatic nitrogens is 2. The van der Waals surface area contributed by atoms with Gasteiger partial charge in [0.25, 0.3) is 0 Å². The lowest BCUT2D eigenvalue weighted by Crippen LogP contribution is -2.30. The summed E-state index contributed by atoms with van der Waals surface area (Å²) >= 11 is 0. The molecule has 3 heterocycles. The third-order valence-electron chi connectivity index (χ3n) is 5.10. The number of alkyl halides is 1. The van der Waals surface area contributed by atoms with Crippen molar-refractivity contribution in [3.63, 3.8) is 0 Å². The first kappa shape index (κ1) is 21.4. The van der Waals surface area contributed by atoms with Crippen molar-refractivity contribution in [2.24, 2.45) is 5.10 Å². The SMILES string of the molecule is C=C/C(=N\N(C=O)CCN(C)c1cccnc1)c1ccc(N2CCC(F)C2)nc1C. The van der Waals surface area contributed by atoms with Gasteiger partial charge in [-0.1, -0.05) is 6.58 Å². The van der Waals surface area contributed by atoms with E-state index in [1.165, 1.54) is 5.01 Å². The maximum absolute atomic E-state index is 13.5. The number of halogens is 1. The van der Waals surface area contributed by atoms with E-state index in [0.29, 0.717) is 44.7 Å². The van der Waals surface area contributed by atoms with E-state index in [2.05, 4.69) is 21.6 Å². The quantitative estimate of drug-likeness (QED) is 0.361. The molecule has 0 radical (unpaired) electrons. The number of carbonyl (C=O) groups is 1. The molecule has 1 unspecified atom stereocenters. The highest BCUT2D eigenvalue weighted by Gasteiger charge is 2.23. The van der Waals surface area contributed by atoms with Crippen LogP contribution in [0.5, 0.6) is 0 Å². The van der Waals surface area contributed by atoms with Gasteiger partial charge in [-0.05, 0) is 43.7 Å². The predicted molar refractivity (Wildman–Crippen MR) is 118 cm³/mol. The Kier molecular flexibility index (Phi) is 7.11. The van der Waals surface area contributed by atoms with Gasteiger partial charge in [0.05, 0.1) is 30.7 Å². The summed E-state index contributed by atoms with van der Waals surface area (Å²) in [5.41, 5.74) is 3.07. The molecule has 0 bridgehead atoms. The van der Waals surface area contributed by atoms with Crippen LogP contribution in [-0.4, -0.2) is 66.5 Å². The van der Waals surface area contributed by atoms with Crippen LogP contribution in [0.3, 0.4) is 0 Å². The Morgan fingerprint density at radius 2 is 2.23 bits per heavy atom. The molecule has 30 heavy (non-hydrogen) atoms. The van der Waals surface area contributed by atoms with Gasteiger partial charge in [0.1, 0.15) is 12.0 Å². The zero-order chi connectivity index (χ0) is 21.5. The molecule has 7 nitrogen and oxygen atoms in total. The molecule has 2 aromatic heterocycles. The molecule has 0 aliphatic carbocycles. The minimum atomic E-state index is -0.803. The Labute approximate surface area is 176 Å². The average molecular weight is 410 g/mol. The molecule has 0 aromatic carbocycles. The van der Waals surface area contributed by atoms with Crippen molar-refractivity contribution in [3.8, 4) is 0 Å². The average Bonchev–Trinajstić information content (AvgIpc) is 3.21. The summed E-state index contributed by atoms with van der Waals surface area (Å²) < 4.78 is 13.5. The zero-order valence-electron chi connectivity index (χ0n) is 17.4. The molecule has 1 saturated heterocycles. The molecule has 1 atom stereocenters. The summed E-state index contributed by atoms with van der Waals surface area (Å²) in [7, 11) is 1.94. The fraction of sp³-hybridized carbons (Fsp3) is 0.364. The number of carbonyl (C=O) groups excluding carboxylic acids is 1. The van der Waals surface area contributed by atoms with Crippen molar-refractivity contribution < 1.29 is 9.18 Å². The van der Waals surface area contributed by atoms with Crippen LogP contribution >= 0.6 is 0 Å². The number of rotatable bonds is 9. The minimum Gasteiger partial charge on any atom is -0.371 e. The Bertz CT molecular complexity index is 904. The molecular weight excluding hydrogens is 383 g/mol. The number of amides is 1. The van der Waals surface area contributed by atoms with E-state index in [0.717, 1.165) is 22.8 Å². The summed E-state index contributed by atoms with van der Waals surface area (Å²) in [4.78, 5) is 24.2. The molecule has 0 N–H and O–H groups in total. The molecule has 3 rings (SSSR count). The fourth-order valence-electron chi connectivity index (χ4n) is 3.35. The van der Waals surface area contributed by atoms with Crippen molar-refractivity contribution in [2.75, 3.05) is 43.0 Å². The van der Waals surface area contributed by atoms with E-state index in [1.807, 2.05) is 48.0 Å². The molecule has 0 saturated carbocycles. The second kappa shape index (κ2) is 9.96. The Morgan fingerprint density at radius 1 is 1.40 bits per heavy atom. The Balaban J connectivity index is 1.71. The van der Waals surface area contributed by atoms with Gasteiger partial charge in [-0.15, -0.1) is 0 Å². The lowest BCUT2D eigenvalue weighted by molar-refractivity contribution is -0.118. The van der Waals surface area contributed by atoms with Crippen molar-refractivity contribution in [2.45, 2.75) is 19.5 Å². The number of nitrogens with zero attached hydrogens (tertiary/aromatic N) is 6. The summed E-state index contributed by atoms with van der Waals surface area (Å²) in [6, 6.07) is 7.58. The second-order valence-corrected chi connectivity index (χ2v) is 7.23. The van der Waals surface area contributed by atoms with E-state index >= 15 is 0 Å². The number of likely N-dealkylation sites (N-methyl/N-ethyl adjacent to an activating group) is 1.